The molecule has 0 amide bonds. The van der Waals surface area contributed by atoms with Crippen LogP contribution in [0.2, 0.25) is 0 Å². The van der Waals surface area contributed by atoms with Gasteiger partial charge in [0.1, 0.15) is 11.4 Å². The summed E-state index contributed by atoms with van der Waals surface area (Å²) < 4.78 is 5.11. The first-order chi connectivity index (χ1) is 8.74. The number of benzene rings is 1. The van der Waals surface area contributed by atoms with Crippen LogP contribution in [-0.4, -0.2) is 17.9 Å². The molecule has 0 saturated carbocycles. The molecule has 0 saturated heterocycles. The summed E-state index contributed by atoms with van der Waals surface area (Å²) in [6.07, 6.45) is 1.55. The molecular formula is C14H14N2O2. The Bertz CT molecular complexity index is 541. The van der Waals surface area contributed by atoms with Gasteiger partial charge >= 0.3 is 0 Å². The molecule has 0 aliphatic heterocycles. The van der Waals surface area contributed by atoms with Crippen molar-refractivity contribution in [1.82, 2.24) is 4.98 Å². The number of carbonyl (C=O) groups is 1. The Balaban J connectivity index is 2.32. The lowest BCUT2D eigenvalue weighted by Crippen LogP contribution is -2.22. The topological polar surface area (TPSA) is 65.2 Å². The van der Waals surface area contributed by atoms with E-state index in [1.165, 1.54) is 7.11 Å². The lowest BCUT2D eigenvalue weighted by Gasteiger charge is -2.12. The lowest BCUT2D eigenvalue weighted by atomic mass is 10.0. The van der Waals surface area contributed by atoms with Gasteiger partial charge in [-0.2, -0.15) is 0 Å². The lowest BCUT2D eigenvalue weighted by molar-refractivity contribution is 0.0953. The van der Waals surface area contributed by atoms with Gasteiger partial charge in [0.25, 0.3) is 0 Å². The number of carbonyl (C=O) groups excluding carboxylic acids is 1. The van der Waals surface area contributed by atoms with Crippen LogP contribution in [0.5, 0.6) is 5.75 Å². The van der Waals surface area contributed by atoms with Gasteiger partial charge in [0, 0.05) is 6.20 Å². The Kier molecular flexibility index (Phi) is 3.69. The fourth-order valence-corrected chi connectivity index (χ4v) is 1.70. The third-order valence-electron chi connectivity index (χ3n) is 2.67. The minimum Gasteiger partial charge on any atom is -0.494 e. The van der Waals surface area contributed by atoms with Crippen molar-refractivity contribution in [3.05, 3.63) is 59.9 Å². The van der Waals surface area contributed by atoms with Crippen LogP contribution in [0.15, 0.2) is 48.7 Å². The van der Waals surface area contributed by atoms with Gasteiger partial charge in [-0.3, -0.25) is 4.79 Å². The maximum Gasteiger partial charge on any atom is 0.206 e. The van der Waals surface area contributed by atoms with Crippen molar-refractivity contribution in [2.24, 2.45) is 5.73 Å². The van der Waals surface area contributed by atoms with Crippen molar-refractivity contribution in [2.45, 2.75) is 6.04 Å². The van der Waals surface area contributed by atoms with E-state index in [4.69, 9.17) is 10.5 Å². The Morgan fingerprint density at radius 2 is 1.94 bits per heavy atom. The summed E-state index contributed by atoms with van der Waals surface area (Å²) in [5.74, 6) is 0.188. The van der Waals surface area contributed by atoms with Crippen molar-refractivity contribution < 1.29 is 9.53 Å². The van der Waals surface area contributed by atoms with Gasteiger partial charge in [-0.05, 0) is 17.7 Å². The van der Waals surface area contributed by atoms with E-state index in [2.05, 4.69) is 4.98 Å². The second-order valence-corrected chi connectivity index (χ2v) is 3.81. The van der Waals surface area contributed by atoms with Crippen LogP contribution in [0.25, 0.3) is 0 Å². The highest BCUT2D eigenvalue weighted by atomic mass is 16.5. The molecule has 0 aliphatic rings. The van der Waals surface area contributed by atoms with Crippen LogP contribution < -0.4 is 10.5 Å². The number of Topliss-reactive ketones (excluding diaryl/α,β-unsaturated/α-hetero) is 1. The summed E-state index contributed by atoms with van der Waals surface area (Å²) in [4.78, 5) is 16.3. The molecular weight excluding hydrogens is 228 g/mol. The molecule has 2 rings (SSSR count). The molecule has 1 aromatic carbocycles. The number of hydrogen-bond donors (Lipinski definition) is 1. The summed E-state index contributed by atoms with van der Waals surface area (Å²) in [7, 11) is 1.50. The van der Waals surface area contributed by atoms with Gasteiger partial charge in [0.15, 0.2) is 0 Å². The quantitative estimate of drug-likeness (QED) is 0.832. The zero-order valence-electron chi connectivity index (χ0n) is 10.0. The first-order valence-corrected chi connectivity index (χ1v) is 5.58. The standard InChI is InChI=1S/C14H14N2O2/c1-18-11-8-5-9-16-13(11)14(17)12(15)10-6-3-2-4-7-10/h2-9,12H,15H2,1H3/t12-/m1/s1. The number of rotatable bonds is 4. The molecule has 4 nitrogen and oxygen atoms in total. The van der Waals surface area contributed by atoms with Gasteiger partial charge < -0.3 is 10.5 Å². The fraction of sp³-hybridized carbons (Fsp3) is 0.143. The summed E-state index contributed by atoms with van der Waals surface area (Å²) >= 11 is 0. The Labute approximate surface area is 105 Å². The van der Waals surface area contributed by atoms with Crippen molar-refractivity contribution >= 4 is 5.78 Å². The largest absolute Gasteiger partial charge is 0.494 e. The molecule has 0 unspecified atom stereocenters. The Morgan fingerprint density at radius 1 is 1.22 bits per heavy atom. The van der Waals surface area contributed by atoms with E-state index in [0.717, 1.165) is 5.56 Å². The molecule has 2 N–H and O–H groups in total. The number of nitrogens with two attached hydrogens (primary N) is 1. The smallest absolute Gasteiger partial charge is 0.206 e. The highest BCUT2D eigenvalue weighted by Crippen LogP contribution is 2.21. The number of ether oxygens (including phenoxy) is 1. The van der Waals surface area contributed by atoms with Crippen LogP contribution in [0.3, 0.4) is 0 Å². The number of nitrogens with zero attached hydrogens (tertiary/aromatic N) is 1. The second-order valence-electron chi connectivity index (χ2n) is 3.81. The number of aromatic nitrogens is 1. The molecule has 1 atom stereocenters. The van der Waals surface area contributed by atoms with Crippen molar-refractivity contribution in [1.29, 1.82) is 0 Å². The highest BCUT2D eigenvalue weighted by Gasteiger charge is 2.21. The molecule has 0 spiro atoms. The average molecular weight is 242 g/mol. The van der Waals surface area contributed by atoms with Gasteiger partial charge in [-0.25, -0.2) is 4.98 Å². The predicted molar refractivity (Wildman–Crippen MR) is 68.5 cm³/mol. The van der Waals surface area contributed by atoms with Gasteiger partial charge in [0.05, 0.1) is 13.2 Å². The molecule has 92 valence electrons. The van der Waals surface area contributed by atoms with Gasteiger partial charge in [-0.15, -0.1) is 0 Å². The molecule has 0 fully saturated rings. The van der Waals surface area contributed by atoms with Crippen LogP contribution in [0.4, 0.5) is 0 Å². The van der Waals surface area contributed by atoms with Crippen molar-refractivity contribution in [2.75, 3.05) is 7.11 Å². The number of pyridine rings is 1. The summed E-state index contributed by atoms with van der Waals surface area (Å²) in [6.45, 7) is 0. The van der Waals surface area contributed by atoms with Crippen molar-refractivity contribution in [3.63, 3.8) is 0 Å². The fourth-order valence-electron chi connectivity index (χ4n) is 1.70. The Morgan fingerprint density at radius 3 is 2.61 bits per heavy atom. The SMILES string of the molecule is COc1cccnc1C(=O)[C@H](N)c1ccccc1. The summed E-state index contributed by atoms with van der Waals surface area (Å²) in [6, 6.07) is 11.9. The third kappa shape index (κ3) is 2.38. The Hall–Kier alpha value is -2.20. The number of hydrogen-bond acceptors (Lipinski definition) is 4. The van der Waals surface area contributed by atoms with Gasteiger partial charge in [0.2, 0.25) is 5.78 Å². The third-order valence-corrected chi connectivity index (χ3v) is 2.67. The van der Waals surface area contributed by atoms with Crippen molar-refractivity contribution in [3.8, 4) is 5.75 Å². The molecule has 0 aliphatic carbocycles. The zero-order valence-corrected chi connectivity index (χ0v) is 10.0. The molecule has 1 aromatic heterocycles. The highest BCUT2D eigenvalue weighted by molar-refractivity contribution is 6.01. The molecule has 0 radical (unpaired) electrons. The van der Waals surface area contributed by atoms with E-state index >= 15 is 0 Å². The van der Waals surface area contributed by atoms with E-state index < -0.39 is 6.04 Å². The minimum atomic E-state index is -0.727. The molecule has 18 heavy (non-hydrogen) atoms. The maximum absolute atomic E-state index is 12.3. The number of methoxy groups -OCH3 is 1. The van der Waals surface area contributed by atoms with Crippen LogP contribution in [-0.2, 0) is 0 Å². The molecule has 4 heteroatoms. The number of ketones is 1. The van der Waals surface area contributed by atoms with E-state index in [9.17, 15) is 4.79 Å². The van der Waals surface area contributed by atoms with Crippen LogP contribution in [0, 0.1) is 0 Å². The first-order valence-electron chi connectivity index (χ1n) is 5.58. The monoisotopic (exact) mass is 242 g/mol. The molecule has 2 aromatic rings. The second kappa shape index (κ2) is 5.42. The molecule has 0 bridgehead atoms. The minimum absolute atomic E-state index is 0.251. The summed E-state index contributed by atoms with van der Waals surface area (Å²) in [5.41, 5.74) is 6.97. The van der Waals surface area contributed by atoms with Crippen LogP contribution in [0.1, 0.15) is 22.1 Å². The van der Waals surface area contributed by atoms with Crippen LogP contribution >= 0.6 is 0 Å². The van der Waals surface area contributed by atoms with E-state index in [1.54, 1.807) is 18.3 Å². The van der Waals surface area contributed by atoms with Gasteiger partial charge in [-0.1, -0.05) is 30.3 Å². The normalized spacial score (nSPS) is 11.9. The average Bonchev–Trinajstić information content (AvgIpc) is 2.46. The maximum atomic E-state index is 12.3. The predicted octanol–water partition coefficient (Wildman–Crippen LogP) is 1.97. The molecule has 1 heterocycles. The van der Waals surface area contributed by atoms with E-state index in [1.807, 2.05) is 30.3 Å². The van der Waals surface area contributed by atoms with E-state index in [-0.39, 0.29) is 11.5 Å². The zero-order chi connectivity index (χ0) is 13.0. The summed E-state index contributed by atoms with van der Waals surface area (Å²) in [5, 5.41) is 0. The van der Waals surface area contributed by atoms with E-state index in [0.29, 0.717) is 5.75 Å². The first kappa shape index (κ1) is 12.3.